The number of nitro groups is 1. The van der Waals surface area contributed by atoms with Crippen LogP contribution in [0.5, 0.6) is 0 Å². The van der Waals surface area contributed by atoms with E-state index in [-0.39, 0.29) is 11.6 Å². The maximum absolute atomic E-state index is 12.9. The highest BCUT2D eigenvalue weighted by Crippen LogP contribution is 2.28. The van der Waals surface area contributed by atoms with Gasteiger partial charge in [0.05, 0.1) is 10.6 Å². The van der Waals surface area contributed by atoms with Crippen molar-refractivity contribution in [1.29, 1.82) is 0 Å². The van der Waals surface area contributed by atoms with Crippen LogP contribution in [0.15, 0.2) is 70.5 Å². The Balaban J connectivity index is 1.79. The smallest absolute Gasteiger partial charge is 0.270 e. The van der Waals surface area contributed by atoms with Gasteiger partial charge in [0.25, 0.3) is 5.69 Å². The first-order valence-corrected chi connectivity index (χ1v) is 9.77. The summed E-state index contributed by atoms with van der Waals surface area (Å²) in [5.41, 5.74) is 1.27. The fourth-order valence-corrected chi connectivity index (χ4v) is 3.67. The van der Waals surface area contributed by atoms with E-state index in [0.717, 1.165) is 10.4 Å². The molecular weight excluding hydrogens is 430 g/mol. The van der Waals surface area contributed by atoms with E-state index in [0.29, 0.717) is 16.7 Å². The molecule has 138 valence electrons. The summed E-state index contributed by atoms with van der Waals surface area (Å²) in [5.74, 6) is -0.243. The van der Waals surface area contributed by atoms with Gasteiger partial charge in [0.2, 0.25) is 5.91 Å². The molecule has 0 aliphatic carbocycles. The van der Waals surface area contributed by atoms with Gasteiger partial charge in [-0.1, -0.05) is 36.4 Å². The van der Waals surface area contributed by atoms with E-state index in [1.807, 2.05) is 47.8 Å². The van der Waals surface area contributed by atoms with Crippen LogP contribution in [0, 0.1) is 10.1 Å². The molecule has 2 N–H and O–H groups in total. The molecule has 0 bridgehead atoms. The first-order chi connectivity index (χ1) is 13.0. The van der Waals surface area contributed by atoms with E-state index in [1.54, 1.807) is 11.3 Å². The Morgan fingerprint density at radius 3 is 2.56 bits per heavy atom. The van der Waals surface area contributed by atoms with Gasteiger partial charge in [0, 0.05) is 28.0 Å². The molecule has 1 heterocycles. The van der Waals surface area contributed by atoms with E-state index >= 15 is 0 Å². The molecule has 0 saturated heterocycles. The lowest BCUT2D eigenvalue weighted by Gasteiger charge is -2.19. The maximum atomic E-state index is 12.9. The van der Waals surface area contributed by atoms with Gasteiger partial charge in [0.15, 0.2) is 0 Å². The highest BCUT2D eigenvalue weighted by molar-refractivity contribution is 9.10. The molecule has 3 rings (SSSR count). The van der Waals surface area contributed by atoms with Crippen molar-refractivity contribution in [3.63, 3.8) is 0 Å². The minimum atomic E-state index is -0.560. The topological polar surface area (TPSA) is 84.3 Å². The number of carbonyl (C=O) groups excluding carboxylic acids is 1. The third-order valence-corrected chi connectivity index (χ3v) is 5.41. The second-order valence-electron chi connectivity index (χ2n) is 5.71. The Morgan fingerprint density at radius 2 is 1.93 bits per heavy atom. The molecule has 1 unspecified atom stereocenters. The van der Waals surface area contributed by atoms with Crippen LogP contribution in [0.3, 0.4) is 0 Å². The summed E-state index contributed by atoms with van der Waals surface area (Å²) in [4.78, 5) is 24.4. The monoisotopic (exact) mass is 445 g/mol. The zero-order chi connectivity index (χ0) is 19.2. The van der Waals surface area contributed by atoms with Crippen molar-refractivity contribution < 1.29 is 9.72 Å². The summed E-state index contributed by atoms with van der Waals surface area (Å²) in [6.07, 6.45) is 0. The molecule has 0 saturated carbocycles. The molecule has 6 nitrogen and oxygen atoms in total. The third kappa shape index (κ3) is 5.00. The Labute approximate surface area is 168 Å². The number of nitrogens with one attached hydrogen (secondary N) is 2. The number of non-ortho nitro benzene ring substituents is 1. The summed E-state index contributed by atoms with van der Waals surface area (Å²) in [5, 5.41) is 19.0. The van der Waals surface area contributed by atoms with E-state index in [1.165, 1.54) is 18.2 Å². The van der Waals surface area contributed by atoms with Gasteiger partial charge in [-0.3, -0.25) is 20.2 Å². The quantitative estimate of drug-likeness (QED) is 0.400. The second-order valence-corrected chi connectivity index (χ2v) is 7.60. The maximum Gasteiger partial charge on any atom is 0.270 e. The molecule has 1 amide bonds. The lowest BCUT2D eigenvalue weighted by Crippen LogP contribution is -2.32. The van der Waals surface area contributed by atoms with Crippen LogP contribution in [0.25, 0.3) is 0 Å². The van der Waals surface area contributed by atoms with Crippen molar-refractivity contribution in [3.05, 3.63) is 91.1 Å². The number of amides is 1. The van der Waals surface area contributed by atoms with Gasteiger partial charge in [-0.15, -0.1) is 11.3 Å². The average Bonchev–Trinajstić information content (AvgIpc) is 3.18. The first-order valence-electron chi connectivity index (χ1n) is 8.10. The van der Waals surface area contributed by atoms with E-state index in [2.05, 4.69) is 26.6 Å². The molecule has 0 radical (unpaired) electrons. The minimum absolute atomic E-state index is 0.0460. The summed E-state index contributed by atoms with van der Waals surface area (Å²) in [6, 6.07) is 17.1. The van der Waals surface area contributed by atoms with Gasteiger partial charge in [-0.25, -0.2) is 0 Å². The number of nitro benzene ring substituents is 1. The molecule has 8 heteroatoms. The molecular formula is C19H16BrN3O3S. The van der Waals surface area contributed by atoms with Crippen LogP contribution in [-0.2, 0) is 11.3 Å². The molecule has 0 fully saturated rings. The number of halogens is 1. The summed E-state index contributed by atoms with van der Waals surface area (Å²) in [7, 11) is 0. The van der Waals surface area contributed by atoms with E-state index < -0.39 is 11.0 Å². The van der Waals surface area contributed by atoms with Crippen LogP contribution >= 0.6 is 27.3 Å². The molecule has 1 aromatic heterocycles. The second kappa shape index (κ2) is 8.90. The number of hydrogen-bond acceptors (Lipinski definition) is 5. The summed E-state index contributed by atoms with van der Waals surface area (Å²) < 4.78 is 0.454. The van der Waals surface area contributed by atoms with Crippen molar-refractivity contribution in [2.45, 2.75) is 12.6 Å². The zero-order valence-corrected chi connectivity index (χ0v) is 16.5. The number of rotatable bonds is 7. The first kappa shape index (κ1) is 19.2. The number of anilines is 1. The van der Waals surface area contributed by atoms with Crippen molar-refractivity contribution in [2.24, 2.45) is 0 Å². The molecule has 1 atom stereocenters. The van der Waals surface area contributed by atoms with Gasteiger partial charge in [-0.05, 0) is 39.0 Å². The van der Waals surface area contributed by atoms with E-state index in [9.17, 15) is 14.9 Å². The van der Waals surface area contributed by atoms with Crippen LogP contribution < -0.4 is 10.6 Å². The number of hydrogen-bond donors (Lipinski definition) is 2. The van der Waals surface area contributed by atoms with Gasteiger partial charge < -0.3 is 5.32 Å². The van der Waals surface area contributed by atoms with Gasteiger partial charge in [0.1, 0.15) is 6.04 Å². The molecule has 0 spiro atoms. The predicted molar refractivity (Wildman–Crippen MR) is 110 cm³/mol. The van der Waals surface area contributed by atoms with Crippen molar-refractivity contribution in [1.82, 2.24) is 5.32 Å². The minimum Gasteiger partial charge on any atom is -0.323 e. The standard InChI is InChI=1S/C19H16BrN3O3S/c20-16-11-14(23(25)26)8-9-17(16)22-19(24)18(13-5-2-1-3-6-13)21-12-15-7-4-10-27-15/h1-11,18,21H,12H2,(H,22,24). The van der Waals surface area contributed by atoms with Crippen molar-refractivity contribution in [2.75, 3.05) is 5.32 Å². The Kier molecular flexibility index (Phi) is 6.33. The Bertz CT molecular complexity index is 933. The summed E-state index contributed by atoms with van der Waals surface area (Å²) in [6.45, 7) is 0.562. The SMILES string of the molecule is O=C(Nc1ccc([N+](=O)[O-])cc1Br)C(NCc1cccs1)c1ccccc1. The lowest BCUT2D eigenvalue weighted by molar-refractivity contribution is -0.384. The Morgan fingerprint density at radius 1 is 1.15 bits per heavy atom. The fourth-order valence-electron chi connectivity index (χ4n) is 2.55. The summed E-state index contributed by atoms with van der Waals surface area (Å²) >= 11 is 4.90. The normalized spacial score (nSPS) is 11.7. The van der Waals surface area contributed by atoms with Crippen LogP contribution in [0.4, 0.5) is 11.4 Å². The van der Waals surface area contributed by atoms with Crippen molar-refractivity contribution >= 4 is 44.5 Å². The van der Waals surface area contributed by atoms with Crippen molar-refractivity contribution in [3.8, 4) is 0 Å². The average molecular weight is 446 g/mol. The molecule has 3 aromatic rings. The lowest BCUT2D eigenvalue weighted by atomic mass is 10.1. The van der Waals surface area contributed by atoms with E-state index in [4.69, 9.17) is 0 Å². The van der Waals surface area contributed by atoms with Crippen LogP contribution in [-0.4, -0.2) is 10.8 Å². The highest BCUT2D eigenvalue weighted by atomic mass is 79.9. The van der Waals surface area contributed by atoms with Crippen LogP contribution in [0.2, 0.25) is 0 Å². The number of carbonyl (C=O) groups is 1. The fraction of sp³-hybridized carbons (Fsp3) is 0.105. The number of thiophene rings is 1. The van der Waals surface area contributed by atoms with Crippen LogP contribution in [0.1, 0.15) is 16.5 Å². The Hall–Kier alpha value is -2.55. The number of nitrogens with zero attached hydrogens (tertiary/aromatic N) is 1. The third-order valence-electron chi connectivity index (χ3n) is 3.88. The highest BCUT2D eigenvalue weighted by Gasteiger charge is 2.21. The zero-order valence-electron chi connectivity index (χ0n) is 14.1. The predicted octanol–water partition coefficient (Wildman–Crippen LogP) is 4.89. The number of benzene rings is 2. The molecule has 2 aromatic carbocycles. The molecule has 0 aliphatic heterocycles. The van der Waals surface area contributed by atoms with Gasteiger partial charge >= 0.3 is 0 Å². The molecule has 27 heavy (non-hydrogen) atoms. The van der Waals surface area contributed by atoms with Gasteiger partial charge in [-0.2, -0.15) is 0 Å². The molecule has 0 aliphatic rings. The largest absolute Gasteiger partial charge is 0.323 e.